The van der Waals surface area contributed by atoms with Gasteiger partial charge in [-0.3, -0.25) is 0 Å². The first-order chi connectivity index (χ1) is 6.15. The second-order valence-electron chi connectivity index (χ2n) is 2.28. The minimum absolute atomic E-state index is 0.122. The van der Waals surface area contributed by atoms with Gasteiger partial charge in [-0.05, 0) is 22.6 Å². The van der Waals surface area contributed by atoms with Crippen LogP contribution in [0.1, 0.15) is 5.82 Å². The normalized spacial score (nSPS) is 10.5. The Kier molecular flexibility index (Phi) is 3.91. The quantitative estimate of drug-likeness (QED) is 0.627. The molecule has 72 valence electrons. The Morgan fingerprint density at radius 2 is 1.85 bits per heavy atom. The predicted octanol–water partition coefficient (Wildman–Crippen LogP) is 1.55. The maximum absolute atomic E-state index is 12.8. The third kappa shape index (κ3) is 2.80. The minimum Gasteiger partial charge on any atom is -0.384 e. The molecule has 3 nitrogen and oxygen atoms in total. The molecule has 0 aliphatic heterocycles. The molecule has 0 N–H and O–H groups in total. The van der Waals surface area contributed by atoms with Crippen molar-refractivity contribution >= 4 is 22.6 Å². The predicted molar refractivity (Wildman–Crippen MR) is 50.2 cm³/mol. The van der Waals surface area contributed by atoms with E-state index in [1.165, 1.54) is 29.7 Å². The second-order valence-corrected chi connectivity index (χ2v) is 3.36. The highest BCUT2D eigenvalue weighted by atomic mass is 127. The van der Waals surface area contributed by atoms with Crippen molar-refractivity contribution in [3.05, 3.63) is 21.3 Å². The Hall–Kier alpha value is -0.370. The maximum atomic E-state index is 12.8. The molecule has 0 saturated heterocycles. The van der Waals surface area contributed by atoms with Gasteiger partial charge in [0.2, 0.25) is 11.9 Å². The summed E-state index contributed by atoms with van der Waals surface area (Å²) in [5, 5.41) is 0. The molecule has 13 heavy (non-hydrogen) atoms. The smallest absolute Gasteiger partial charge is 0.232 e. The molecule has 0 fully saturated rings. The summed E-state index contributed by atoms with van der Waals surface area (Å²) in [4.78, 5) is 6.93. The van der Waals surface area contributed by atoms with E-state index in [2.05, 4.69) is 9.97 Å². The molecule has 0 spiro atoms. The molecular formula is C7H7F2IN2O. The van der Waals surface area contributed by atoms with Crippen molar-refractivity contribution < 1.29 is 13.5 Å². The molecule has 0 bridgehead atoms. The van der Waals surface area contributed by atoms with Crippen LogP contribution in [-0.2, 0) is 11.2 Å². The number of aromatic nitrogens is 2. The lowest BCUT2D eigenvalue weighted by atomic mass is 10.4. The van der Waals surface area contributed by atoms with Crippen LogP contribution >= 0.6 is 22.6 Å². The molecule has 0 aliphatic carbocycles. The van der Waals surface area contributed by atoms with Crippen molar-refractivity contribution in [1.82, 2.24) is 9.97 Å². The first-order valence-electron chi connectivity index (χ1n) is 3.51. The van der Waals surface area contributed by atoms with E-state index in [0.717, 1.165) is 0 Å². The van der Waals surface area contributed by atoms with Gasteiger partial charge in [-0.15, -0.1) is 0 Å². The van der Waals surface area contributed by atoms with Crippen molar-refractivity contribution in [2.45, 2.75) is 6.42 Å². The molecule has 1 aromatic rings. The number of hydrogen-bond donors (Lipinski definition) is 0. The number of rotatable bonds is 3. The molecule has 0 amide bonds. The van der Waals surface area contributed by atoms with E-state index in [0.29, 0.717) is 13.0 Å². The van der Waals surface area contributed by atoms with E-state index in [-0.39, 0.29) is 9.39 Å². The molecule has 0 aliphatic rings. The van der Waals surface area contributed by atoms with Crippen molar-refractivity contribution in [2.75, 3.05) is 13.7 Å². The number of ether oxygens (including phenoxy) is 1. The SMILES string of the molecule is COCCc1nc(F)c(I)c(F)n1. The number of halogens is 3. The fourth-order valence-electron chi connectivity index (χ4n) is 0.740. The zero-order valence-electron chi connectivity index (χ0n) is 6.85. The number of methoxy groups -OCH3 is 1. The topological polar surface area (TPSA) is 35.0 Å². The van der Waals surface area contributed by atoms with Gasteiger partial charge in [0.1, 0.15) is 9.39 Å². The summed E-state index contributed by atoms with van der Waals surface area (Å²) in [6, 6.07) is 0. The Bertz CT molecular complexity index is 286. The third-order valence-corrected chi connectivity index (χ3v) is 2.24. The van der Waals surface area contributed by atoms with E-state index in [1.54, 1.807) is 0 Å². The number of nitrogens with zero attached hydrogens (tertiary/aromatic N) is 2. The first-order valence-corrected chi connectivity index (χ1v) is 4.59. The van der Waals surface area contributed by atoms with Gasteiger partial charge in [0.15, 0.2) is 0 Å². The summed E-state index contributed by atoms with van der Waals surface area (Å²) in [6.07, 6.45) is 0.307. The second kappa shape index (κ2) is 4.75. The highest BCUT2D eigenvalue weighted by Crippen LogP contribution is 2.11. The molecule has 6 heteroatoms. The monoisotopic (exact) mass is 300 g/mol. The lowest BCUT2D eigenvalue weighted by Crippen LogP contribution is -2.06. The standard InChI is InChI=1S/C7H7F2IN2O/c1-13-3-2-4-11-6(8)5(10)7(9)12-4/h2-3H2,1H3. The first kappa shape index (κ1) is 10.7. The molecule has 0 radical (unpaired) electrons. The molecular weight excluding hydrogens is 293 g/mol. The van der Waals surface area contributed by atoms with Gasteiger partial charge in [-0.2, -0.15) is 8.78 Å². The van der Waals surface area contributed by atoms with Crippen LogP contribution in [0.15, 0.2) is 0 Å². The van der Waals surface area contributed by atoms with E-state index < -0.39 is 11.9 Å². The summed E-state index contributed by atoms with van der Waals surface area (Å²) in [5.74, 6) is -1.52. The van der Waals surface area contributed by atoms with Gasteiger partial charge in [0.25, 0.3) is 0 Å². The highest BCUT2D eigenvalue weighted by Gasteiger charge is 2.10. The van der Waals surface area contributed by atoms with Crippen molar-refractivity contribution in [3.63, 3.8) is 0 Å². The van der Waals surface area contributed by atoms with Crippen molar-refractivity contribution in [2.24, 2.45) is 0 Å². The van der Waals surface area contributed by atoms with Crippen LogP contribution < -0.4 is 0 Å². The highest BCUT2D eigenvalue weighted by molar-refractivity contribution is 14.1. The number of hydrogen-bond acceptors (Lipinski definition) is 3. The van der Waals surface area contributed by atoms with Crippen LogP contribution in [0.4, 0.5) is 8.78 Å². The Balaban J connectivity index is 2.86. The molecule has 1 aromatic heterocycles. The average Bonchev–Trinajstić information content (AvgIpc) is 2.10. The fourth-order valence-corrected chi connectivity index (χ4v) is 0.981. The summed E-state index contributed by atoms with van der Waals surface area (Å²) < 4.78 is 30.2. The zero-order chi connectivity index (χ0) is 9.84. The van der Waals surface area contributed by atoms with Crippen LogP contribution in [-0.4, -0.2) is 23.7 Å². The fraction of sp³-hybridized carbons (Fsp3) is 0.429. The van der Waals surface area contributed by atoms with Crippen LogP contribution in [0.3, 0.4) is 0 Å². The molecule has 0 atom stereocenters. The van der Waals surface area contributed by atoms with Crippen LogP contribution in [0, 0.1) is 15.5 Å². The maximum Gasteiger partial charge on any atom is 0.232 e. The van der Waals surface area contributed by atoms with E-state index >= 15 is 0 Å². The summed E-state index contributed by atoms with van der Waals surface area (Å²) in [5.41, 5.74) is 0. The van der Waals surface area contributed by atoms with Gasteiger partial charge in [0.05, 0.1) is 6.61 Å². The molecule has 1 heterocycles. The average molecular weight is 300 g/mol. The lowest BCUT2D eigenvalue weighted by Gasteiger charge is -2.00. The van der Waals surface area contributed by atoms with E-state index in [9.17, 15) is 8.78 Å². The van der Waals surface area contributed by atoms with Gasteiger partial charge < -0.3 is 4.74 Å². The zero-order valence-corrected chi connectivity index (χ0v) is 9.01. The van der Waals surface area contributed by atoms with E-state index in [1.807, 2.05) is 0 Å². The summed E-state index contributed by atoms with van der Waals surface area (Å²) >= 11 is 1.52. The van der Waals surface area contributed by atoms with Gasteiger partial charge in [-0.25, -0.2) is 9.97 Å². The molecule has 0 aromatic carbocycles. The largest absolute Gasteiger partial charge is 0.384 e. The summed E-state index contributed by atoms with van der Waals surface area (Å²) in [6.45, 7) is 0.347. The Morgan fingerprint density at radius 3 is 2.31 bits per heavy atom. The van der Waals surface area contributed by atoms with Gasteiger partial charge >= 0.3 is 0 Å². The molecule has 0 saturated carbocycles. The Morgan fingerprint density at radius 1 is 1.31 bits per heavy atom. The molecule has 0 unspecified atom stereocenters. The van der Waals surface area contributed by atoms with Gasteiger partial charge in [0, 0.05) is 13.5 Å². The molecule has 1 rings (SSSR count). The Labute approximate surface area is 87.7 Å². The van der Waals surface area contributed by atoms with Crippen LogP contribution in [0.2, 0.25) is 0 Å². The minimum atomic E-state index is -0.820. The third-order valence-electron chi connectivity index (χ3n) is 1.35. The van der Waals surface area contributed by atoms with Crippen molar-refractivity contribution in [1.29, 1.82) is 0 Å². The summed E-state index contributed by atoms with van der Waals surface area (Å²) in [7, 11) is 1.50. The van der Waals surface area contributed by atoms with Gasteiger partial charge in [-0.1, -0.05) is 0 Å². The van der Waals surface area contributed by atoms with Crippen LogP contribution in [0.25, 0.3) is 0 Å². The van der Waals surface area contributed by atoms with E-state index in [4.69, 9.17) is 4.74 Å². The lowest BCUT2D eigenvalue weighted by molar-refractivity contribution is 0.200. The van der Waals surface area contributed by atoms with Crippen LogP contribution in [0.5, 0.6) is 0 Å². The van der Waals surface area contributed by atoms with Crippen molar-refractivity contribution in [3.8, 4) is 0 Å².